The van der Waals surface area contributed by atoms with Crippen molar-refractivity contribution in [1.29, 1.82) is 0 Å². The maximum Gasteiger partial charge on any atom is 0.147 e. The zero-order valence-electron chi connectivity index (χ0n) is 9.98. The van der Waals surface area contributed by atoms with Gasteiger partial charge in [0.25, 0.3) is 0 Å². The highest BCUT2D eigenvalue weighted by molar-refractivity contribution is 6.33. The van der Waals surface area contributed by atoms with Crippen molar-refractivity contribution in [3.63, 3.8) is 0 Å². The molecule has 0 aromatic carbocycles. The molecule has 2 rings (SSSR count). The van der Waals surface area contributed by atoms with Gasteiger partial charge in [0.2, 0.25) is 0 Å². The van der Waals surface area contributed by atoms with Gasteiger partial charge < -0.3 is 4.90 Å². The third-order valence-corrected chi connectivity index (χ3v) is 3.15. The van der Waals surface area contributed by atoms with Crippen LogP contribution < -0.4 is 4.90 Å². The Hall–Kier alpha value is -1.32. The Balaban J connectivity index is 2.16. The zero-order chi connectivity index (χ0) is 13.0. The summed E-state index contributed by atoms with van der Waals surface area (Å²) in [6, 6.07) is 5.79. The van der Waals surface area contributed by atoms with E-state index >= 15 is 0 Å². The van der Waals surface area contributed by atoms with E-state index in [-0.39, 0.29) is 0 Å². The van der Waals surface area contributed by atoms with Crippen LogP contribution in [0.5, 0.6) is 0 Å². The number of rotatable bonds is 4. The molecule has 0 N–H and O–H groups in total. The second kappa shape index (κ2) is 6.03. The molecular formula is C13H13Cl2N3. The molecule has 5 heteroatoms. The van der Waals surface area contributed by atoms with E-state index in [0.29, 0.717) is 10.9 Å². The number of hydrogen-bond donors (Lipinski definition) is 0. The van der Waals surface area contributed by atoms with Gasteiger partial charge in [-0.15, -0.1) is 11.6 Å². The monoisotopic (exact) mass is 281 g/mol. The molecule has 0 amide bonds. The Bertz CT molecular complexity index is 517. The summed E-state index contributed by atoms with van der Waals surface area (Å²) in [6.45, 7) is 0.732. The molecule has 2 aromatic rings. The Morgan fingerprint density at radius 2 is 1.94 bits per heavy atom. The van der Waals surface area contributed by atoms with Crippen LogP contribution in [0.1, 0.15) is 11.1 Å². The van der Waals surface area contributed by atoms with Crippen LogP contribution in [0.3, 0.4) is 0 Å². The number of halogens is 2. The molecule has 18 heavy (non-hydrogen) atoms. The predicted molar refractivity (Wildman–Crippen MR) is 75.1 cm³/mol. The molecule has 0 aliphatic rings. The molecule has 2 aromatic heterocycles. The molecule has 0 aliphatic carbocycles. The minimum Gasteiger partial charge on any atom is -0.354 e. The highest BCUT2D eigenvalue weighted by atomic mass is 35.5. The summed E-state index contributed by atoms with van der Waals surface area (Å²) in [5, 5.41) is 0.615. The Kier molecular flexibility index (Phi) is 4.39. The molecule has 0 unspecified atom stereocenters. The van der Waals surface area contributed by atoms with E-state index < -0.39 is 0 Å². The average molecular weight is 282 g/mol. The molecule has 0 saturated carbocycles. The van der Waals surface area contributed by atoms with Crippen molar-refractivity contribution in [2.24, 2.45) is 0 Å². The normalized spacial score (nSPS) is 10.4. The highest BCUT2D eigenvalue weighted by Gasteiger charge is 2.09. The lowest BCUT2D eigenvalue weighted by Gasteiger charge is -2.19. The van der Waals surface area contributed by atoms with Crippen molar-refractivity contribution >= 4 is 29.0 Å². The summed E-state index contributed by atoms with van der Waals surface area (Å²) in [5.41, 5.74) is 2.08. The van der Waals surface area contributed by atoms with Crippen LogP contribution in [0.25, 0.3) is 0 Å². The fourth-order valence-corrected chi connectivity index (χ4v) is 2.14. The first-order valence-electron chi connectivity index (χ1n) is 5.51. The van der Waals surface area contributed by atoms with E-state index in [1.807, 2.05) is 30.1 Å². The van der Waals surface area contributed by atoms with Gasteiger partial charge in [-0.3, -0.25) is 4.98 Å². The van der Waals surface area contributed by atoms with E-state index in [9.17, 15) is 0 Å². The number of alkyl halides is 1. The van der Waals surface area contributed by atoms with Crippen LogP contribution in [0, 0.1) is 0 Å². The number of aromatic nitrogens is 2. The number of pyridine rings is 2. The standard InChI is InChI=1S/C13H13Cl2N3/c1-18(9-10-2-4-16-5-3-10)13-12(15)6-11(7-14)8-17-13/h2-6,8H,7,9H2,1H3. The maximum absolute atomic E-state index is 6.19. The largest absolute Gasteiger partial charge is 0.354 e. The summed E-state index contributed by atoms with van der Waals surface area (Å²) >= 11 is 11.9. The van der Waals surface area contributed by atoms with Gasteiger partial charge in [-0.1, -0.05) is 11.6 Å². The summed E-state index contributed by atoms with van der Waals surface area (Å²) < 4.78 is 0. The number of hydrogen-bond acceptors (Lipinski definition) is 3. The van der Waals surface area contributed by atoms with Crippen LogP contribution in [0.2, 0.25) is 5.02 Å². The summed E-state index contributed by atoms with van der Waals surface area (Å²) in [4.78, 5) is 10.3. The smallest absolute Gasteiger partial charge is 0.147 e. The molecule has 94 valence electrons. The molecule has 0 saturated heterocycles. The quantitative estimate of drug-likeness (QED) is 0.804. The first-order valence-corrected chi connectivity index (χ1v) is 6.42. The van der Waals surface area contributed by atoms with Gasteiger partial charge in [-0.05, 0) is 29.3 Å². The summed E-state index contributed by atoms with van der Waals surface area (Å²) in [5.74, 6) is 1.17. The van der Waals surface area contributed by atoms with Crippen molar-refractivity contribution in [3.8, 4) is 0 Å². The topological polar surface area (TPSA) is 29.0 Å². The number of anilines is 1. The minimum atomic E-state index is 0.418. The van der Waals surface area contributed by atoms with E-state index in [2.05, 4.69) is 9.97 Å². The first kappa shape index (κ1) is 13.1. The van der Waals surface area contributed by atoms with Gasteiger partial charge in [0, 0.05) is 38.1 Å². The summed E-state index contributed by atoms with van der Waals surface area (Å²) in [7, 11) is 1.95. The van der Waals surface area contributed by atoms with Crippen molar-refractivity contribution in [3.05, 3.63) is 52.9 Å². The van der Waals surface area contributed by atoms with Crippen molar-refractivity contribution < 1.29 is 0 Å². The third kappa shape index (κ3) is 3.12. The zero-order valence-corrected chi connectivity index (χ0v) is 11.5. The van der Waals surface area contributed by atoms with E-state index in [4.69, 9.17) is 23.2 Å². The molecule has 3 nitrogen and oxygen atoms in total. The van der Waals surface area contributed by atoms with E-state index in [1.165, 1.54) is 0 Å². The first-order chi connectivity index (χ1) is 8.70. The Labute approximate surface area is 116 Å². The molecule has 0 aliphatic heterocycles. The molecule has 0 fully saturated rings. The van der Waals surface area contributed by atoms with Crippen LogP contribution in [0.15, 0.2) is 36.8 Å². The molecule has 2 heterocycles. The maximum atomic E-state index is 6.19. The molecule has 0 bridgehead atoms. The Morgan fingerprint density at radius 3 is 2.56 bits per heavy atom. The average Bonchev–Trinajstić information content (AvgIpc) is 2.39. The lowest BCUT2D eigenvalue weighted by atomic mass is 10.2. The van der Waals surface area contributed by atoms with Gasteiger partial charge >= 0.3 is 0 Å². The van der Waals surface area contributed by atoms with Gasteiger partial charge in [-0.25, -0.2) is 4.98 Å². The van der Waals surface area contributed by atoms with E-state index in [1.54, 1.807) is 18.6 Å². The third-order valence-electron chi connectivity index (χ3n) is 2.56. The van der Waals surface area contributed by atoms with Gasteiger partial charge in [0.1, 0.15) is 5.82 Å². The van der Waals surface area contributed by atoms with E-state index in [0.717, 1.165) is 23.5 Å². The lowest BCUT2D eigenvalue weighted by molar-refractivity contribution is 0.894. The van der Waals surface area contributed by atoms with Gasteiger partial charge in [-0.2, -0.15) is 0 Å². The fraction of sp³-hybridized carbons (Fsp3) is 0.231. The fourth-order valence-electron chi connectivity index (χ4n) is 1.66. The molecule has 0 spiro atoms. The SMILES string of the molecule is CN(Cc1ccncc1)c1ncc(CCl)cc1Cl. The van der Waals surface area contributed by atoms with Crippen LogP contribution >= 0.6 is 23.2 Å². The van der Waals surface area contributed by atoms with Crippen LogP contribution in [-0.4, -0.2) is 17.0 Å². The lowest BCUT2D eigenvalue weighted by Crippen LogP contribution is -2.18. The second-order valence-electron chi connectivity index (χ2n) is 3.99. The van der Waals surface area contributed by atoms with Gasteiger partial charge in [0.15, 0.2) is 0 Å². The Morgan fingerprint density at radius 1 is 1.22 bits per heavy atom. The number of nitrogens with zero attached hydrogens (tertiary/aromatic N) is 3. The molecule has 0 atom stereocenters. The highest BCUT2D eigenvalue weighted by Crippen LogP contribution is 2.24. The second-order valence-corrected chi connectivity index (χ2v) is 4.67. The van der Waals surface area contributed by atoms with Crippen molar-refractivity contribution in [1.82, 2.24) is 9.97 Å². The van der Waals surface area contributed by atoms with Gasteiger partial charge in [0.05, 0.1) is 5.02 Å². The molecular weight excluding hydrogens is 269 g/mol. The minimum absolute atomic E-state index is 0.418. The van der Waals surface area contributed by atoms with Crippen LogP contribution in [-0.2, 0) is 12.4 Å². The van der Waals surface area contributed by atoms with Crippen LogP contribution in [0.4, 0.5) is 5.82 Å². The molecule has 0 radical (unpaired) electrons. The predicted octanol–water partition coefficient (Wildman–Crippen LogP) is 3.51. The van der Waals surface area contributed by atoms with Crippen molar-refractivity contribution in [2.75, 3.05) is 11.9 Å². The van der Waals surface area contributed by atoms with Crippen molar-refractivity contribution in [2.45, 2.75) is 12.4 Å². The summed E-state index contributed by atoms with van der Waals surface area (Å²) in [6.07, 6.45) is 5.29.